The summed E-state index contributed by atoms with van der Waals surface area (Å²) in [5.41, 5.74) is 1.45. The third-order valence-electron chi connectivity index (χ3n) is 2.66. The molecule has 0 saturated carbocycles. The van der Waals surface area contributed by atoms with Crippen molar-refractivity contribution >= 4 is 11.4 Å². The lowest BCUT2D eigenvalue weighted by molar-refractivity contribution is -0.384. The number of aromatic nitrogens is 2. The minimum Gasteiger partial charge on any atom is -0.439 e. The fourth-order valence-electron chi connectivity index (χ4n) is 1.86. The van der Waals surface area contributed by atoms with Gasteiger partial charge in [0, 0.05) is 37.5 Å². The zero-order valence-electron chi connectivity index (χ0n) is 11.6. The van der Waals surface area contributed by atoms with Gasteiger partial charge in [0.05, 0.1) is 16.7 Å². The third-order valence-corrected chi connectivity index (χ3v) is 2.66. The Morgan fingerprint density at radius 2 is 2.15 bits per heavy atom. The van der Waals surface area contributed by atoms with Crippen LogP contribution in [0.15, 0.2) is 24.3 Å². The second-order valence-corrected chi connectivity index (χ2v) is 4.35. The Hall–Kier alpha value is -2.57. The van der Waals surface area contributed by atoms with Crippen LogP contribution in [0.1, 0.15) is 12.6 Å². The van der Waals surface area contributed by atoms with Gasteiger partial charge in [-0.3, -0.25) is 10.1 Å². The van der Waals surface area contributed by atoms with Gasteiger partial charge >= 0.3 is 0 Å². The van der Waals surface area contributed by atoms with Crippen LogP contribution in [0.3, 0.4) is 0 Å². The normalized spacial score (nSPS) is 10.3. The van der Waals surface area contributed by atoms with Gasteiger partial charge in [-0.2, -0.15) is 5.10 Å². The first kappa shape index (κ1) is 13.9. The summed E-state index contributed by atoms with van der Waals surface area (Å²) in [6, 6.07) is 6.36. The Bertz CT molecular complexity index is 637. The summed E-state index contributed by atoms with van der Waals surface area (Å²) in [6.07, 6.45) is 0. The second kappa shape index (κ2) is 5.60. The maximum Gasteiger partial charge on any atom is 0.275 e. The third kappa shape index (κ3) is 3.05. The lowest BCUT2D eigenvalue weighted by Crippen LogP contribution is -2.00. The number of nitro groups is 1. The summed E-state index contributed by atoms with van der Waals surface area (Å²) < 4.78 is 7.25. The lowest BCUT2D eigenvalue weighted by atomic mass is 10.2. The Labute approximate surface area is 116 Å². The molecule has 0 aliphatic carbocycles. The van der Waals surface area contributed by atoms with Crippen molar-refractivity contribution in [3.05, 3.63) is 40.1 Å². The molecule has 1 N–H and O–H groups in total. The summed E-state index contributed by atoms with van der Waals surface area (Å²) in [7, 11) is 1.75. The minimum atomic E-state index is -0.442. The molecule has 0 radical (unpaired) electrons. The van der Waals surface area contributed by atoms with Gasteiger partial charge in [-0.05, 0) is 13.8 Å². The summed E-state index contributed by atoms with van der Waals surface area (Å²) in [5.74, 6) is 0.934. The molecule has 0 saturated heterocycles. The van der Waals surface area contributed by atoms with Crippen LogP contribution in [-0.2, 0) is 7.05 Å². The van der Waals surface area contributed by atoms with Gasteiger partial charge in [-0.25, -0.2) is 4.68 Å². The summed E-state index contributed by atoms with van der Waals surface area (Å²) in [6.45, 7) is 4.44. The van der Waals surface area contributed by atoms with Crippen LogP contribution in [0, 0.1) is 17.0 Å². The maximum atomic E-state index is 10.9. The summed E-state index contributed by atoms with van der Waals surface area (Å²) >= 11 is 0. The van der Waals surface area contributed by atoms with E-state index in [1.165, 1.54) is 12.1 Å². The van der Waals surface area contributed by atoms with E-state index in [0.717, 1.165) is 5.69 Å². The molecule has 0 spiro atoms. The summed E-state index contributed by atoms with van der Waals surface area (Å²) in [4.78, 5) is 10.5. The zero-order valence-corrected chi connectivity index (χ0v) is 11.6. The van der Waals surface area contributed by atoms with Crippen LogP contribution in [0.2, 0.25) is 0 Å². The first-order chi connectivity index (χ1) is 9.49. The van der Waals surface area contributed by atoms with Gasteiger partial charge in [0.15, 0.2) is 0 Å². The molecule has 0 bridgehead atoms. The van der Waals surface area contributed by atoms with E-state index in [2.05, 4.69) is 10.4 Å². The molecule has 0 fully saturated rings. The summed E-state index contributed by atoms with van der Waals surface area (Å²) in [5, 5.41) is 18.1. The topological polar surface area (TPSA) is 82.2 Å². The molecule has 0 atom stereocenters. The van der Waals surface area contributed by atoms with Crippen LogP contribution < -0.4 is 10.1 Å². The van der Waals surface area contributed by atoms with E-state index >= 15 is 0 Å². The van der Waals surface area contributed by atoms with E-state index in [1.807, 2.05) is 13.8 Å². The lowest BCUT2D eigenvalue weighted by Gasteiger charge is -2.08. The van der Waals surface area contributed by atoms with E-state index in [9.17, 15) is 10.1 Å². The van der Waals surface area contributed by atoms with Gasteiger partial charge in [-0.15, -0.1) is 0 Å². The monoisotopic (exact) mass is 276 g/mol. The number of hydrogen-bond donors (Lipinski definition) is 1. The fourth-order valence-corrected chi connectivity index (χ4v) is 1.86. The number of nitrogens with zero attached hydrogens (tertiary/aromatic N) is 3. The molecule has 1 heterocycles. The van der Waals surface area contributed by atoms with E-state index in [4.69, 9.17) is 4.74 Å². The molecule has 106 valence electrons. The smallest absolute Gasteiger partial charge is 0.275 e. The average molecular weight is 276 g/mol. The van der Waals surface area contributed by atoms with Crippen molar-refractivity contribution in [3.8, 4) is 11.6 Å². The Morgan fingerprint density at radius 3 is 2.70 bits per heavy atom. The van der Waals surface area contributed by atoms with Gasteiger partial charge in [0.1, 0.15) is 5.75 Å². The van der Waals surface area contributed by atoms with Gasteiger partial charge in [0.2, 0.25) is 5.88 Å². The number of hydrogen-bond acceptors (Lipinski definition) is 5. The molecule has 2 aromatic rings. The molecular formula is C13H16N4O3. The molecule has 0 unspecified atom stereocenters. The first-order valence-electron chi connectivity index (χ1n) is 6.21. The Kier molecular flexibility index (Phi) is 3.88. The highest BCUT2D eigenvalue weighted by Crippen LogP contribution is 2.29. The van der Waals surface area contributed by atoms with Crippen LogP contribution in [0.4, 0.5) is 11.4 Å². The molecule has 0 amide bonds. The van der Waals surface area contributed by atoms with E-state index in [0.29, 0.717) is 23.9 Å². The van der Waals surface area contributed by atoms with Crippen LogP contribution in [0.25, 0.3) is 0 Å². The molecule has 1 aromatic heterocycles. The number of nitro benzene ring substituents is 1. The van der Waals surface area contributed by atoms with E-state index < -0.39 is 4.92 Å². The highest BCUT2D eigenvalue weighted by atomic mass is 16.6. The van der Waals surface area contributed by atoms with Crippen molar-refractivity contribution in [3.63, 3.8) is 0 Å². The van der Waals surface area contributed by atoms with Crippen molar-refractivity contribution in [2.24, 2.45) is 7.05 Å². The SMILES string of the molecule is CCNc1cc(Oc2cc(C)nn2C)cc([N+](=O)[O-])c1. The largest absolute Gasteiger partial charge is 0.439 e. The maximum absolute atomic E-state index is 10.9. The molecule has 2 rings (SSSR count). The van der Waals surface area contributed by atoms with Crippen molar-refractivity contribution < 1.29 is 9.66 Å². The zero-order chi connectivity index (χ0) is 14.7. The number of anilines is 1. The second-order valence-electron chi connectivity index (χ2n) is 4.35. The first-order valence-corrected chi connectivity index (χ1v) is 6.21. The molecule has 7 nitrogen and oxygen atoms in total. The molecule has 7 heteroatoms. The molecule has 0 aliphatic heterocycles. The van der Waals surface area contributed by atoms with E-state index in [1.54, 1.807) is 23.9 Å². The predicted molar refractivity (Wildman–Crippen MR) is 75.3 cm³/mol. The number of benzene rings is 1. The van der Waals surface area contributed by atoms with Crippen molar-refractivity contribution in [1.29, 1.82) is 0 Å². The highest BCUT2D eigenvalue weighted by molar-refractivity contribution is 5.56. The molecular weight excluding hydrogens is 260 g/mol. The number of non-ortho nitro benzene ring substituents is 1. The number of ether oxygens (including phenoxy) is 1. The fraction of sp³-hybridized carbons (Fsp3) is 0.308. The van der Waals surface area contributed by atoms with Gasteiger partial charge < -0.3 is 10.1 Å². The standard InChI is InChI=1S/C13H16N4O3/c1-4-14-10-6-11(17(18)19)8-12(7-10)20-13-5-9(2)15-16(13)3/h5-8,14H,4H2,1-3H3. The van der Waals surface area contributed by atoms with Crippen molar-refractivity contribution in [1.82, 2.24) is 9.78 Å². The number of aryl methyl sites for hydroxylation is 2. The van der Waals surface area contributed by atoms with Crippen LogP contribution in [0.5, 0.6) is 11.6 Å². The van der Waals surface area contributed by atoms with Crippen molar-refractivity contribution in [2.75, 3.05) is 11.9 Å². The van der Waals surface area contributed by atoms with Crippen molar-refractivity contribution in [2.45, 2.75) is 13.8 Å². The Morgan fingerprint density at radius 1 is 1.40 bits per heavy atom. The Balaban J connectivity index is 2.35. The minimum absolute atomic E-state index is 0.0164. The van der Waals surface area contributed by atoms with Crippen LogP contribution >= 0.6 is 0 Å². The molecule has 1 aromatic carbocycles. The van der Waals surface area contributed by atoms with Gasteiger partial charge in [0.25, 0.3) is 5.69 Å². The average Bonchev–Trinajstić information content (AvgIpc) is 2.68. The quantitative estimate of drug-likeness (QED) is 0.670. The van der Waals surface area contributed by atoms with Gasteiger partial charge in [-0.1, -0.05) is 0 Å². The predicted octanol–water partition coefficient (Wildman–Crippen LogP) is 2.86. The highest BCUT2D eigenvalue weighted by Gasteiger charge is 2.12. The number of rotatable bonds is 5. The number of nitrogens with one attached hydrogen (secondary N) is 1. The molecule has 0 aliphatic rings. The van der Waals surface area contributed by atoms with E-state index in [-0.39, 0.29) is 5.69 Å². The molecule has 20 heavy (non-hydrogen) atoms. The van der Waals surface area contributed by atoms with Crippen LogP contribution in [-0.4, -0.2) is 21.2 Å².